The van der Waals surface area contributed by atoms with E-state index in [1.54, 1.807) is 20.1 Å². The predicted molar refractivity (Wildman–Crippen MR) is 101 cm³/mol. The number of rotatable bonds is 6. The highest BCUT2D eigenvalue weighted by Crippen LogP contribution is 2.28. The van der Waals surface area contributed by atoms with E-state index < -0.39 is 5.97 Å². The van der Waals surface area contributed by atoms with E-state index in [4.69, 9.17) is 9.84 Å². The Hall–Kier alpha value is -2.55. The molecule has 128 valence electrons. The van der Waals surface area contributed by atoms with E-state index in [9.17, 15) is 4.79 Å². The van der Waals surface area contributed by atoms with Gasteiger partial charge in [-0.05, 0) is 68.5 Å². The van der Waals surface area contributed by atoms with Crippen LogP contribution >= 0.6 is 0 Å². The summed E-state index contributed by atoms with van der Waals surface area (Å²) in [6, 6.07) is 2.06. The van der Waals surface area contributed by atoms with Crippen LogP contribution < -0.4 is 4.74 Å². The highest BCUT2D eigenvalue weighted by Gasteiger charge is 2.08. The fourth-order valence-corrected chi connectivity index (χ4v) is 2.40. The maximum absolute atomic E-state index is 10.6. The summed E-state index contributed by atoms with van der Waals surface area (Å²) in [7, 11) is 1.69. The Labute approximate surface area is 144 Å². The van der Waals surface area contributed by atoms with Crippen LogP contribution in [0, 0.1) is 20.8 Å². The minimum absolute atomic E-state index is 0.702. The van der Waals surface area contributed by atoms with Crippen molar-refractivity contribution >= 4 is 12.0 Å². The molecule has 0 bridgehead atoms. The smallest absolute Gasteiger partial charge is 0.328 e. The molecular weight excluding hydrogens is 300 g/mol. The monoisotopic (exact) mass is 326 g/mol. The van der Waals surface area contributed by atoms with Crippen LogP contribution in [-0.2, 0) is 4.79 Å². The van der Waals surface area contributed by atoms with Gasteiger partial charge in [0.1, 0.15) is 5.75 Å². The van der Waals surface area contributed by atoms with Gasteiger partial charge in [0.05, 0.1) is 7.11 Å². The number of carbonyl (C=O) groups is 1. The fourth-order valence-electron chi connectivity index (χ4n) is 2.40. The number of ether oxygens (including phenoxy) is 1. The van der Waals surface area contributed by atoms with Crippen molar-refractivity contribution in [2.24, 2.45) is 0 Å². The van der Waals surface area contributed by atoms with Gasteiger partial charge in [-0.25, -0.2) is 4.79 Å². The molecule has 0 unspecified atom stereocenters. The molecular formula is C21H26O3. The summed E-state index contributed by atoms with van der Waals surface area (Å²) in [5.74, 6) is -0.0170. The van der Waals surface area contributed by atoms with Gasteiger partial charge in [-0.1, -0.05) is 36.0 Å². The average molecular weight is 326 g/mol. The summed E-state index contributed by atoms with van der Waals surface area (Å²) < 4.78 is 5.40. The van der Waals surface area contributed by atoms with Gasteiger partial charge < -0.3 is 9.84 Å². The zero-order valence-electron chi connectivity index (χ0n) is 15.3. The van der Waals surface area contributed by atoms with Gasteiger partial charge in [-0.2, -0.15) is 0 Å². The fraction of sp³-hybridized carbons (Fsp3) is 0.286. The Morgan fingerprint density at radius 3 is 2.33 bits per heavy atom. The second-order valence-corrected chi connectivity index (χ2v) is 5.89. The van der Waals surface area contributed by atoms with E-state index in [1.807, 2.05) is 19.1 Å². The van der Waals surface area contributed by atoms with Crippen LogP contribution in [-0.4, -0.2) is 18.2 Å². The SMILES string of the molecule is COc1cc(C)c(/C=C/C(C)=C/C=C\C(C)=C\C(=O)O)c(C)c1C. The van der Waals surface area contributed by atoms with Crippen molar-refractivity contribution in [3.05, 3.63) is 69.8 Å². The first kappa shape index (κ1) is 19.5. The van der Waals surface area contributed by atoms with Crippen LogP contribution in [0.5, 0.6) is 5.75 Å². The number of benzene rings is 1. The molecule has 1 rings (SSSR count). The van der Waals surface area contributed by atoms with E-state index in [-0.39, 0.29) is 0 Å². The number of aryl methyl sites for hydroxylation is 1. The Morgan fingerprint density at radius 1 is 1.08 bits per heavy atom. The Morgan fingerprint density at radius 2 is 1.75 bits per heavy atom. The molecule has 0 spiro atoms. The Bertz CT molecular complexity index is 732. The molecule has 0 heterocycles. The van der Waals surface area contributed by atoms with Gasteiger partial charge >= 0.3 is 5.97 Å². The van der Waals surface area contributed by atoms with Gasteiger partial charge in [0.15, 0.2) is 0 Å². The summed E-state index contributed by atoms with van der Waals surface area (Å²) in [6.45, 7) is 10.0. The first-order chi connectivity index (χ1) is 11.3. The molecule has 1 aromatic carbocycles. The average Bonchev–Trinajstić information content (AvgIpc) is 2.50. The number of carboxylic acid groups (broad SMARTS) is 1. The number of methoxy groups -OCH3 is 1. The lowest BCUT2D eigenvalue weighted by Crippen LogP contribution is -1.95. The van der Waals surface area contributed by atoms with Crippen molar-refractivity contribution in [3.8, 4) is 5.75 Å². The lowest BCUT2D eigenvalue weighted by molar-refractivity contribution is -0.131. The summed E-state index contributed by atoms with van der Waals surface area (Å²) in [5.41, 5.74) is 6.53. The maximum atomic E-state index is 10.6. The molecule has 0 aliphatic carbocycles. The molecule has 0 saturated carbocycles. The molecule has 0 amide bonds. The number of hydrogen-bond acceptors (Lipinski definition) is 2. The molecule has 3 heteroatoms. The number of hydrogen-bond donors (Lipinski definition) is 1. The van der Waals surface area contributed by atoms with Crippen molar-refractivity contribution in [2.75, 3.05) is 7.11 Å². The molecule has 0 aliphatic heterocycles. The van der Waals surface area contributed by atoms with Crippen LogP contribution in [0.15, 0.2) is 47.6 Å². The van der Waals surface area contributed by atoms with E-state index in [2.05, 4.69) is 39.0 Å². The van der Waals surface area contributed by atoms with Crippen LogP contribution in [0.25, 0.3) is 6.08 Å². The number of aliphatic carboxylic acids is 1. The zero-order valence-corrected chi connectivity index (χ0v) is 15.3. The summed E-state index contributed by atoms with van der Waals surface area (Å²) in [6.07, 6.45) is 10.9. The summed E-state index contributed by atoms with van der Waals surface area (Å²) in [4.78, 5) is 10.6. The van der Waals surface area contributed by atoms with E-state index in [0.717, 1.165) is 16.9 Å². The highest BCUT2D eigenvalue weighted by atomic mass is 16.5. The van der Waals surface area contributed by atoms with E-state index in [0.29, 0.717) is 5.57 Å². The quantitative estimate of drug-likeness (QED) is 0.579. The van der Waals surface area contributed by atoms with Crippen LogP contribution in [0.2, 0.25) is 0 Å². The Balaban J connectivity index is 2.97. The second kappa shape index (κ2) is 8.92. The third-order valence-electron chi connectivity index (χ3n) is 3.91. The molecule has 0 atom stereocenters. The molecule has 1 N–H and O–H groups in total. The normalized spacial score (nSPS) is 13.1. The zero-order chi connectivity index (χ0) is 18.3. The third-order valence-corrected chi connectivity index (χ3v) is 3.91. The maximum Gasteiger partial charge on any atom is 0.328 e. The standard InChI is InChI=1S/C21H26O3/c1-14(8-7-9-15(2)12-21(22)23)10-11-19-16(3)13-20(24-6)18(5)17(19)4/h7-13H,1-6H3,(H,22,23)/b9-7-,11-10+,14-8+,15-12+. The Kier molecular flexibility index (Phi) is 7.25. The van der Waals surface area contributed by atoms with Gasteiger partial charge in [0.25, 0.3) is 0 Å². The van der Waals surface area contributed by atoms with Crippen LogP contribution in [0.4, 0.5) is 0 Å². The molecule has 0 aromatic heterocycles. The van der Waals surface area contributed by atoms with Crippen molar-refractivity contribution in [3.63, 3.8) is 0 Å². The number of carboxylic acids is 1. The molecule has 24 heavy (non-hydrogen) atoms. The summed E-state index contributed by atoms with van der Waals surface area (Å²) in [5, 5.41) is 8.67. The molecule has 0 fully saturated rings. The lowest BCUT2D eigenvalue weighted by Gasteiger charge is -2.13. The minimum Gasteiger partial charge on any atom is -0.496 e. The summed E-state index contributed by atoms with van der Waals surface area (Å²) >= 11 is 0. The molecule has 0 aliphatic rings. The highest BCUT2D eigenvalue weighted by molar-refractivity contribution is 5.81. The second-order valence-electron chi connectivity index (χ2n) is 5.89. The lowest BCUT2D eigenvalue weighted by atomic mass is 9.96. The van der Waals surface area contributed by atoms with Crippen molar-refractivity contribution < 1.29 is 14.6 Å². The topological polar surface area (TPSA) is 46.5 Å². The minimum atomic E-state index is -0.932. The van der Waals surface area contributed by atoms with Crippen LogP contribution in [0.3, 0.4) is 0 Å². The van der Waals surface area contributed by atoms with Gasteiger partial charge in [0, 0.05) is 6.08 Å². The molecule has 1 aromatic rings. The first-order valence-corrected chi connectivity index (χ1v) is 7.85. The van der Waals surface area contributed by atoms with E-state index in [1.165, 1.54) is 22.8 Å². The van der Waals surface area contributed by atoms with Gasteiger partial charge in [-0.15, -0.1) is 0 Å². The van der Waals surface area contributed by atoms with Crippen molar-refractivity contribution in [1.29, 1.82) is 0 Å². The van der Waals surface area contributed by atoms with Gasteiger partial charge in [0.2, 0.25) is 0 Å². The molecule has 0 radical (unpaired) electrons. The predicted octanol–water partition coefficient (Wildman–Crippen LogP) is 5.17. The van der Waals surface area contributed by atoms with Gasteiger partial charge in [-0.3, -0.25) is 0 Å². The molecule has 0 saturated heterocycles. The van der Waals surface area contributed by atoms with Crippen molar-refractivity contribution in [1.82, 2.24) is 0 Å². The number of allylic oxidation sites excluding steroid dienone is 6. The third kappa shape index (κ3) is 5.58. The van der Waals surface area contributed by atoms with Crippen LogP contribution in [0.1, 0.15) is 36.1 Å². The molecule has 3 nitrogen and oxygen atoms in total. The van der Waals surface area contributed by atoms with Crippen molar-refractivity contribution in [2.45, 2.75) is 34.6 Å². The first-order valence-electron chi connectivity index (χ1n) is 7.85. The van der Waals surface area contributed by atoms with E-state index >= 15 is 0 Å². The largest absolute Gasteiger partial charge is 0.496 e.